The minimum Gasteiger partial charge on any atom is -0.396 e. The predicted octanol–water partition coefficient (Wildman–Crippen LogP) is -0.397. The van der Waals surface area contributed by atoms with Crippen LogP contribution in [0.25, 0.3) is 0 Å². The first-order chi connectivity index (χ1) is 10.5. The SMILES string of the molecule is CN(C)C(=O)Nc1cn(CC(=O)N2CCCC(CO)C2)nn1. The van der Waals surface area contributed by atoms with Crippen LogP contribution in [0.4, 0.5) is 10.6 Å². The smallest absolute Gasteiger partial charge is 0.322 e. The number of rotatable bonds is 4. The molecule has 0 bridgehead atoms. The number of piperidine rings is 1. The summed E-state index contributed by atoms with van der Waals surface area (Å²) in [6, 6.07) is -0.305. The van der Waals surface area contributed by atoms with E-state index in [9.17, 15) is 14.7 Å². The average Bonchev–Trinajstić information content (AvgIpc) is 2.94. The second-order valence-corrected chi connectivity index (χ2v) is 5.66. The Balaban J connectivity index is 1.89. The molecule has 0 radical (unpaired) electrons. The quantitative estimate of drug-likeness (QED) is 0.788. The van der Waals surface area contributed by atoms with Crippen LogP contribution in [0, 0.1) is 5.92 Å². The van der Waals surface area contributed by atoms with Crippen molar-refractivity contribution in [3.63, 3.8) is 0 Å². The van der Waals surface area contributed by atoms with Crippen LogP contribution in [0.2, 0.25) is 0 Å². The maximum Gasteiger partial charge on any atom is 0.322 e. The van der Waals surface area contributed by atoms with Gasteiger partial charge in [-0.15, -0.1) is 5.10 Å². The van der Waals surface area contributed by atoms with E-state index in [2.05, 4.69) is 15.6 Å². The van der Waals surface area contributed by atoms with Crippen LogP contribution >= 0.6 is 0 Å². The number of anilines is 1. The fourth-order valence-corrected chi connectivity index (χ4v) is 2.33. The largest absolute Gasteiger partial charge is 0.396 e. The zero-order valence-electron chi connectivity index (χ0n) is 12.9. The van der Waals surface area contributed by atoms with E-state index >= 15 is 0 Å². The number of nitrogens with zero attached hydrogens (tertiary/aromatic N) is 5. The molecule has 0 aromatic carbocycles. The maximum absolute atomic E-state index is 12.2. The summed E-state index contributed by atoms with van der Waals surface area (Å²) in [6.07, 6.45) is 3.37. The van der Waals surface area contributed by atoms with Gasteiger partial charge in [-0.3, -0.25) is 10.1 Å². The number of nitrogens with one attached hydrogen (secondary N) is 1. The molecular weight excluding hydrogens is 288 g/mol. The molecule has 2 heterocycles. The van der Waals surface area contributed by atoms with Crippen molar-refractivity contribution in [2.75, 3.05) is 39.1 Å². The van der Waals surface area contributed by atoms with Crippen molar-refractivity contribution in [1.82, 2.24) is 24.8 Å². The van der Waals surface area contributed by atoms with Crippen LogP contribution in [-0.4, -0.2) is 75.6 Å². The van der Waals surface area contributed by atoms with Crippen LogP contribution in [0.1, 0.15) is 12.8 Å². The number of amides is 3. The first-order valence-corrected chi connectivity index (χ1v) is 7.26. The van der Waals surface area contributed by atoms with E-state index in [1.54, 1.807) is 19.0 Å². The molecule has 0 saturated carbocycles. The number of carbonyl (C=O) groups excluding carboxylic acids is 2. The Morgan fingerprint density at radius 2 is 2.27 bits per heavy atom. The van der Waals surface area contributed by atoms with E-state index in [1.807, 2.05) is 0 Å². The number of aliphatic hydroxyl groups is 1. The minimum atomic E-state index is -0.305. The number of urea groups is 1. The second kappa shape index (κ2) is 7.21. The summed E-state index contributed by atoms with van der Waals surface area (Å²) in [7, 11) is 3.24. The summed E-state index contributed by atoms with van der Waals surface area (Å²) in [5, 5.41) is 19.4. The first-order valence-electron chi connectivity index (χ1n) is 7.26. The molecule has 3 amide bonds. The highest BCUT2D eigenvalue weighted by atomic mass is 16.3. The van der Waals surface area contributed by atoms with Gasteiger partial charge in [-0.25, -0.2) is 9.48 Å². The Hall–Kier alpha value is -2.16. The van der Waals surface area contributed by atoms with Gasteiger partial charge in [-0.1, -0.05) is 5.21 Å². The molecule has 0 aliphatic carbocycles. The molecule has 1 aliphatic heterocycles. The lowest BCUT2D eigenvalue weighted by molar-refractivity contribution is -0.134. The molecule has 9 heteroatoms. The summed E-state index contributed by atoms with van der Waals surface area (Å²) in [4.78, 5) is 26.9. The molecule has 1 fully saturated rings. The van der Waals surface area contributed by atoms with Crippen molar-refractivity contribution < 1.29 is 14.7 Å². The van der Waals surface area contributed by atoms with E-state index in [1.165, 1.54) is 15.8 Å². The van der Waals surface area contributed by atoms with Crippen LogP contribution in [0.15, 0.2) is 6.20 Å². The Morgan fingerprint density at radius 1 is 1.50 bits per heavy atom. The Bertz CT molecular complexity index is 530. The number of hydrogen-bond donors (Lipinski definition) is 2. The van der Waals surface area contributed by atoms with Gasteiger partial charge >= 0.3 is 6.03 Å². The van der Waals surface area contributed by atoms with Crippen molar-refractivity contribution in [3.05, 3.63) is 6.20 Å². The fourth-order valence-electron chi connectivity index (χ4n) is 2.33. The highest BCUT2D eigenvalue weighted by Crippen LogP contribution is 2.16. The highest BCUT2D eigenvalue weighted by molar-refractivity contribution is 5.87. The molecule has 1 atom stereocenters. The second-order valence-electron chi connectivity index (χ2n) is 5.66. The molecule has 2 rings (SSSR count). The standard InChI is InChI=1S/C13H22N6O3/c1-17(2)13(22)14-11-7-19(16-15-11)8-12(21)18-5-3-4-10(6-18)9-20/h7,10,20H,3-6,8-9H2,1-2H3,(H,14,22). The molecule has 122 valence electrons. The Morgan fingerprint density at radius 3 is 2.95 bits per heavy atom. The van der Waals surface area contributed by atoms with Crippen molar-refractivity contribution in [1.29, 1.82) is 0 Å². The number of aliphatic hydroxyl groups excluding tert-OH is 1. The van der Waals surface area contributed by atoms with Gasteiger partial charge in [0.05, 0.1) is 6.20 Å². The van der Waals surface area contributed by atoms with Crippen LogP contribution in [0.3, 0.4) is 0 Å². The van der Waals surface area contributed by atoms with Gasteiger partial charge in [-0.05, 0) is 18.8 Å². The fraction of sp³-hybridized carbons (Fsp3) is 0.692. The molecule has 9 nitrogen and oxygen atoms in total. The third-order valence-corrected chi connectivity index (χ3v) is 3.61. The van der Waals surface area contributed by atoms with Gasteiger partial charge < -0.3 is 14.9 Å². The number of aromatic nitrogens is 3. The molecule has 1 aromatic heterocycles. The molecule has 0 spiro atoms. The average molecular weight is 310 g/mol. The van der Waals surface area contributed by atoms with E-state index < -0.39 is 0 Å². The van der Waals surface area contributed by atoms with Gasteiger partial charge in [0.15, 0.2) is 5.82 Å². The maximum atomic E-state index is 12.2. The lowest BCUT2D eigenvalue weighted by Gasteiger charge is -2.31. The zero-order valence-corrected chi connectivity index (χ0v) is 12.9. The Kier molecular flexibility index (Phi) is 5.31. The monoisotopic (exact) mass is 310 g/mol. The molecule has 1 saturated heterocycles. The van der Waals surface area contributed by atoms with Crippen LogP contribution in [0.5, 0.6) is 0 Å². The predicted molar refractivity (Wildman–Crippen MR) is 79.1 cm³/mol. The van der Waals surface area contributed by atoms with Crippen LogP contribution < -0.4 is 5.32 Å². The topological polar surface area (TPSA) is 104 Å². The van der Waals surface area contributed by atoms with Crippen molar-refractivity contribution in [2.24, 2.45) is 5.92 Å². The molecule has 1 unspecified atom stereocenters. The van der Waals surface area contributed by atoms with Gasteiger partial charge in [0, 0.05) is 33.8 Å². The lowest BCUT2D eigenvalue weighted by Crippen LogP contribution is -2.42. The highest BCUT2D eigenvalue weighted by Gasteiger charge is 2.23. The van der Waals surface area contributed by atoms with Gasteiger partial charge in [0.2, 0.25) is 5.91 Å². The number of hydrogen-bond acceptors (Lipinski definition) is 5. The number of carbonyl (C=O) groups is 2. The number of likely N-dealkylation sites (tertiary alicyclic amines) is 1. The van der Waals surface area contributed by atoms with Crippen molar-refractivity contribution in [2.45, 2.75) is 19.4 Å². The van der Waals surface area contributed by atoms with E-state index in [4.69, 9.17) is 0 Å². The van der Waals surface area contributed by atoms with Gasteiger partial charge in [0.25, 0.3) is 0 Å². The summed E-state index contributed by atoms with van der Waals surface area (Å²) < 4.78 is 1.40. The summed E-state index contributed by atoms with van der Waals surface area (Å²) in [5.41, 5.74) is 0. The normalized spacial score (nSPS) is 18.1. The van der Waals surface area contributed by atoms with Crippen molar-refractivity contribution >= 4 is 17.8 Å². The Labute approximate surface area is 128 Å². The molecular formula is C13H22N6O3. The van der Waals surface area contributed by atoms with Crippen molar-refractivity contribution in [3.8, 4) is 0 Å². The third-order valence-electron chi connectivity index (χ3n) is 3.61. The molecule has 22 heavy (non-hydrogen) atoms. The van der Waals surface area contributed by atoms with E-state index in [0.717, 1.165) is 12.8 Å². The van der Waals surface area contributed by atoms with Gasteiger partial charge in [0.1, 0.15) is 6.54 Å². The van der Waals surface area contributed by atoms with E-state index in [-0.39, 0.29) is 31.0 Å². The van der Waals surface area contributed by atoms with Gasteiger partial charge in [-0.2, -0.15) is 0 Å². The van der Waals surface area contributed by atoms with Crippen LogP contribution in [-0.2, 0) is 11.3 Å². The summed E-state index contributed by atoms with van der Waals surface area (Å²) >= 11 is 0. The summed E-state index contributed by atoms with van der Waals surface area (Å²) in [5.74, 6) is 0.398. The third kappa shape index (κ3) is 4.17. The lowest BCUT2D eigenvalue weighted by atomic mass is 9.99. The summed E-state index contributed by atoms with van der Waals surface area (Å²) in [6.45, 7) is 1.46. The minimum absolute atomic E-state index is 0.0615. The van der Waals surface area contributed by atoms with E-state index in [0.29, 0.717) is 18.9 Å². The zero-order chi connectivity index (χ0) is 16.1. The molecule has 1 aromatic rings. The first kappa shape index (κ1) is 16.2. The molecule has 2 N–H and O–H groups in total. The molecule has 1 aliphatic rings.